The molecule has 13 heavy (non-hydrogen) atoms. The zero-order valence-electron chi connectivity index (χ0n) is 10.5. The second-order valence-electron chi connectivity index (χ2n) is 5.48. The molecule has 0 rings (SSSR count). The van der Waals surface area contributed by atoms with Gasteiger partial charge in [-0.05, 0) is 30.1 Å². The lowest BCUT2D eigenvalue weighted by Gasteiger charge is -2.32. The highest BCUT2D eigenvalue weighted by molar-refractivity contribution is 4.76. The first-order valence-electron chi connectivity index (χ1n) is 5.93. The molecule has 80 valence electrons. The van der Waals surface area contributed by atoms with E-state index in [0.29, 0.717) is 5.41 Å². The van der Waals surface area contributed by atoms with Gasteiger partial charge in [-0.25, -0.2) is 0 Å². The van der Waals surface area contributed by atoms with Crippen LogP contribution >= 0.6 is 0 Å². The molecular formula is C13H28. The van der Waals surface area contributed by atoms with Crippen LogP contribution in [-0.4, -0.2) is 0 Å². The molecule has 0 saturated heterocycles. The Labute approximate surface area is 85.1 Å². The highest BCUT2D eigenvalue weighted by Gasteiger charge is 2.24. The Morgan fingerprint density at radius 2 is 1.54 bits per heavy atom. The molecule has 0 aliphatic rings. The van der Waals surface area contributed by atoms with Gasteiger partial charge in [0.25, 0.3) is 0 Å². The number of hydrogen-bond donors (Lipinski definition) is 0. The third-order valence-corrected chi connectivity index (χ3v) is 3.29. The van der Waals surface area contributed by atoms with Gasteiger partial charge in [-0.2, -0.15) is 0 Å². The monoisotopic (exact) mass is 184 g/mol. The van der Waals surface area contributed by atoms with E-state index in [4.69, 9.17) is 0 Å². The van der Waals surface area contributed by atoms with E-state index >= 15 is 0 Å². The van der Waals surface area contributed by atoms with Gasteiger partial charge in [0, 0.05) is 0 Å². The molecule has 2 atom stereocenters. The summed E-state index contributed by atoms with van der Waals surface area (Å²) in [6.07, 6.45) is 5.44. The Kier molecular flexibility index (Phi) is 5.67. The smallest absolute Gasteiger partial charge is 0.0323 e. The molecule has 0 nitrogen and oxygen atoms in total. The Balaban J connectivity index is 4.10. The largest absolute Gasteiger partial charge is 0.0651 e. The first-order valence-corrected chi connectivity index (χ1v) is 5.93. The molecule has 0 bridgehead atoms. The molecule has 0 aliphatic heterocycles. The molecular weight excluding hydrogens is 156 g/mol. The van der Waals surface area contributed by atoms with E-state index < -0.39 is 0 Å². The molecule has 0 aromatic rings. The third kappa shape index (κ3) is 5.33. The fraction of sp³-hybridized carbons (Fsp3) is 1.00. The van der Waals surface area contributed by atoms with Gasteiger partial charge in [-0.3, -0.25) is 0 Å². The van der Waals surface area contributed by atoms with Gasteiger partial charge >= 0.3 is 0 Å². The predicted octanol–water partition coefficient (Wildman–Crippen LogP) is 4.89. The Morgan fingerprint density at radius 1 is 1.00 bits per heavy atom. The molecule has 0 fully saturated rings. The number of hydrogen-bond acceptors (Lipinski definition) is 0. The van der Waals surface area contributed by atoms with Crippen molar-refractivity contribution < 1.29 is 0 Å². The van der Waals surface area contributed by atoms with Crippen LogP contribution in [0.1, 0.15) is 67.2 Å². The molecule has 0 heterocycles. The molecule has 2 unspecified atom stereocenters. The second kappa shape index (κ2) is 5.67. The summed E-state index contributed by atoms with van der Waals surface area (Å²) >= 11 is 0. The fourth-order valence-corrected chi connectivity index (χ4v) is 2.34. The first kappa shape index (κ1) is 13.0. The summed E-state index contributed by atoms with van der Waals surface area (Å²) in [6, 6.07) is 0. The minimum Gasteiger partial charge on any atom is -0.0651 e. The first-order chi connectivity index (χ1) is 5.93. The summed E-state index contributed by atoms with van der Waals surface area (Å²) in [5.74, 6) is 1.73. The van der Waals surface area contributed by atoms with E-state index in [1.807, 2.05) is 0 Å². The van der Waals surface area contributed by atoms with E-state index in [-0.39, 0.29) is 0 Å². The average Bonchev–Trinajstić information content (AvgIpc) is 2.02. The lowest BCUT2D eigenvalue weighted by Crippen LogP contribution is -2.21. The van der Waals surface area contributed by atoms with Crippen LogP contribution in [0.2, 0.25) is 0 Å². The van der Waals surface area contributed by atoms with Gasteiger partial charge in [-0.1, -0.05) is 54.4 Å². The van der Waals surface area contributed by atoms with E-state index in [1.54, 1.807) is 0 Å². The van der Waals surface area contributed by atoms with E-state index in [0.717, 1.165) is 11.8 Å². The third-order valence-electron chi connectivity index (χ3n) is 3.29. The zero-order chi connectivity index (χ0) is 10.5. The SMILES string of the molecule is CCC(C)CC(C)(CC)CC(C)C. The Hall–Kier alpha value is 0. The van der Waals surface area contributed by atoms with E-state index in [2.05, 4.69) is 41.5 Å². The maximum Gasteiger partial charge on any atom is -0.0323 e. The average molecular weight is 184 g/mol. The van der Waals surface area contributed by atoms with Crippen LogP contribution in [0, 0.1) is 17.3 Å². The molecule has 0 spiro atoms. The Bertz CT molecular complexity index is 126. The molecule has 0 radical (unpaired) electrons. The fourth-order valence-electron chi connectivity index (χ4n) is 2.34. The van der Waals surface area contributed by atoms with Crippen LogP contribution in [0.25, 0.3) is 0 Å². The van der Waals surface area contributed by atoms with Gasteiger partial charge in [0.15, 0.2) is 0 Å². The summed E-state index contributed by atoms with van der Waals surface area (Å²) in [4.78, 5) is 0. The normalized spacial score (nSPS) is 18.7. The summed E-state index contributed by atoms with van der Waals surface area (Å²) < 4.78 is 0. The van der Waals surface area contributed by atoms with Gasteiger partial charge in [0.2, 0.25) is 0 Å². The molecule has 0 heteroatoms. The standard InChI is InChI=1S/C13H28/c1-7-12(5)10-13(6,8-2)9-11(3)4/h11-12H,7-10H2,1-6H3. The summed E-state index contributed by atoms with van der Waals surface area (Å²) in [7, 11) is 0. The van der Waals surface area contributed by atoms with Crippen LogP contribution in [0.5, 0.6) is 0 Å². The minimum absolute atomic E-state index is 0.587. The predicted molar refractivity (Wildman–Crippen MR) is 61.9 cm³/mol. The van der Waals surface area contributed by atoms with Gasteiger partial charge in [0.1, 0.15) is 0 Å². The summed E-state index contributed by atoms with van der Waals surface area (Å²) in [5, 5.41) is 0. The van der Waals surface area contributed by atoms with Crippen LogP contribution in [0.15, 0.2) is 0 Å². The van der Waals surface area contributed by atoms with Crippen molar-refractivity contribution in [3.05, 3.63) is 0 Å². The van der Waals surface area contributed by atoms with Crippen molar-refractivity contribution in [2.45, 2.75) is 67.2 Å². The van der Waals surface area contributed by atoms with E-state index in [1.165, 1.54) is 25.7 Å². The van der Waals surface area contributed by atoms with Crippen LogP contribution in [0.3, 0.4) is 0 Å². The van der Waals surface area contributed by atoms with Crippen LogP contribution in [-0.2, 0) is 0 Å². The molecule has 0 aliphatic carbocycles. The van der Waals surface area contributed by atoms with Gasteiger partial charge < -0.3 is 0 Å². The number of rotatable bonds is 6. The van der Waals surface area contributed by atoms with Crippen molar-refractivity contribution in [3.63, 3.8) is 0 Å². The zero-order valence-corrected chi connectivity index (χ0v) is 10.5. The maximum atomic E-state index is 2.46. The second-order valence-corrected chi connectivity index (χ2v) is 5.48. The lowest BCUT2D eigenvalue weighted by atomic mass is 9.73. The lowest BCUT2D eigenvalue weighted by molar-refractivity contribution is 0.190. The van der Waals surface area contributed by atoms with Crippen molar-refractivity contribution in [3.8, 4) is 0 Å². The highest BCUT2D eigenvalue weighted by Crippen LogP contribution is 2.36. The highest BCUT2D eigenvalue weighted by atomic mass is 14.3. The maximum absolute atomic E-state index is 2.46. The topological polar surface area (TPSA) is 0 Å². The quantitative estimate of drug-likeness (QED) is 0.551. The van der Waals surface area contributed by atoms with Crippen molar-refractivity contribution in [2.75, 3.05) is 0 Å². The van der Waals surface area contributed by atoms with E-state index in [9.17, 15) is 0 Å². The molecule has 0 aromatic carbocycles. The molecule has 0 N–H and O–H groups in total. The van der Waals surface area contributed by atoms with Crippen molar-refractivity contribution in [1.29, 1.82) is 0 Å². The van der Waals surface area contributed by atoms with Gasteiger partial charge in [0.05, 0.1) is 0 Å². The Morgan fingerprint density at radius 3 is 1.85 bits per heavy atom. The summed E-state index contributed by atoms with van der Waals surface area (Å²) in [6.45, 7) is 14.2. The molecule has 0 amide bonds. The van der Waals surface area contributed by atoms with Crippen molar-refractivity contribution >= 4 is 0 Å². The van der Waals surface area contributed by atoms with Gasteiger partial charge in [-0.15, -0.1) is 0 Å². The summed E-state index contributed by atoms with van der Waals surface area (Å²) in [5.41, 5.74) is 0.587. The minimum atomic E-state index is 0.587. The van der Waals surface area contributed by atoms with Crippen LogP contribution < -0.4 is 0 Å². The van der Waals surface area contributed by atoms with Crippen molar-refractivity contribution in [1.82, 2.24) is 0 Å². The molecule has 0 saturated carbocycles. The molecule has 0 aromatic heterocycles. The van der Waals surface area contributed by atoms with Crippen molar-refractivity contribution in [2.24, 2.45) is 17.3 Å². The van der Waals surface area contributed by atoms with Crippen LogP contribution in [0.4, 0.5) is 0 Å².